The van der Waals surface area contributed by atoms with Gasteiger partial charge in [0.15, 0.2) is 5.78 Å². The molecule has 1 atom stereocenters. The van der Waals surface area contributed by atoms with E-state index in [0.29, 0.717) is 16.8 Å². The van der Waals surface area contributed by atoms with Crippen molar-refractivity contribution in [1.29, 1.82) is 0 Å². The average Bonchev–Trinajstić information content (AvgIpc) is 3.03. The van der Waals surface area contributed by atoms with Crippen molar-refractivity contribution in [2.75, 3.05) is 6.54 Å². The Balaban J connectivity index is 1.84. The van der Waals surface area contributed by atoms with Crippen molar-refractivity contribution >= 4 is 28.9 Å². The topological polar surface area (TPSA) is 99.8 Å². The summed E-state index contributed by atoms with van der Waals surface area (Å²) in [6.07, 6.45) is -2.20. The summed E-state index contributed by atoms with van der Waals surface area (Å²) in [7, 11) is 0. The Morgan fingerprint density at radius 1 is 0.929 bits per heavy atom. The maximum atomic E-state index is 12.8. The minimum absolute atomic E-state index is 0.0261. The molecule has 28 heavy (non-hydrogen) atoms. The predicted molar refractivity (Wildman–Crippen MR) is 102 cm³/mol. The Kier molecular flexibility index (Phi) is 4.35. The van der Waals surface area contributed by atoms with Crippen LogP contribution in [0, 0.1) is 0 Å². The highest BCUT2D eigenvalue weighted by Gasteiger charge is 2.35. The summed E-state index contributed by atoms with van der Waals surface area (Å²) in [5.74, 6) is -0.519. The smallest absolute Gasteiger partial charge is 0.416 e. The fourth-order valence-electron chi connectivity index (χ4n) is 4.03. The van der Waals surface area contributed by atoms with Crippen LogP contribution >= 0.6 is 0 Å². The molecule has 0 fully saturated rings. The number of rotatable bonds is 3. The van der Waals surface area contributed by atoms with Gasteiger partial charge in [0, 0.05) is 29.8 Å². The molecule has 2 heterocycles. The summed E-state index contributed by atoms with van der Waals surface area (Å²) in [5, 5.41) is 20.0. The summed E-state index contributed by atoms with van der Waals surface area (Å²) in [6.45, 7) is 0.121. The zero-order chi connectivity index (χ0) is 19.8. The first-order chi connectivity index (χ1) is 13.5. The van der Waals surface area contributed by atoms with E-state index in [9.17, 15) is 24.6 Å². The van der Waals surface area contributed by atoms with Gasteiger partial charge in [0.05, 0.1) is 17.8 Å². The van der Waals surface area contributed by atoms with Crippen LogP contribution in [0.2, 0.25) is 0 Å². The lowest BCUT2D eigenvalue weighted by molar-refractivity contribution is 0.0950. The second-order valence-corrected chi connectivity index (χ2v) is 6.85. The fourth-order valence-corrected chi connectivity index (χ4v) is 4.03. The third-order valence-corrected chi connectivity index (χ3v) is 5.19. The van der Waals surface area contributed by atoms with Gasteiger partial charge in [-0.05, 0) is 11.6 Å². The normalized spacial score (nSPS) is 16.0. The van der Waals surface area contributed by atoms with Crippen LogP contribution in [0.15, 0.2) is 54.6 Å². The number of carboxylic acid groups (broad SMARTS) is 2. The number of hydrogen-bond donors (Lipinski definition) is 2. The van der Waals surface area contributed by atoms with Crippen LogP contribution in [0.25, 0.3) is 10.9 Å². The van der Waals surface area contributed by atoms with Gasteiger partial charge in [-0.2, -0.15) is 0 Å². The van der Waals surface area contributed by atoms with Crippen molar-refractivity contribution in [2.24, 2.45) is 0 Å². The average molecular weight is 378 g/mol. The van der Waals surface area contributed by atoms with Gasteiger partial charge < -0.3 is 15.1 Å². The van der Waals surface area contributed by atoms with Gasteiger partial charge in [-0.15, -0.1) is 0 Å². The molecule has 2 N–H and O–H groups in total. The molecule has 7 heteroatoms. The highest BCUT2D eigenvalue weighted by molar-refractivity contribution is 5.98. The number of ketones is 1. The highest BCUT2D eigenvalue weighted by Crippen LogP contribution is 2.39. The molecule has 0 saturated heterocycles. The molecular formula is C21H18N2O5. The van der Waals surface area contributed by atoms with Gasteiger partial charge in [0.1, 0.15) is 0 Å². The van der Waals surface area contributed by atoms with E-state index >= 15 is 0 Å². The van der Waals surface area contributed by atoms with Crippen LogP contribution in [0.5, 0.6) is 0 Å². The van der Waals surface area contributed by atoms with Crippen molar-refractivity contribution in [1.82, 2.24) is 9.47 Å². The first kappa shape index (κ1) is 17.8. The van der Waals surface area contributed by atoms with Crippen LogP contribution < -0.4 is 0 Å². The van der Waals surface area contributed by atoms with Gasteiger partial charge in [0.25, 0.3) is 0 Å². The molecular weight excluding hydrogens is 360 g/mol. The molecule has 0 bridgehead atoms. The van der Waals surface area contributed by atoms with E-state index in [1.807, 2.05) is 18.2 Å². The summed E-state index contributed by atoms with van der Waals surface area (Å²) in [4.78, 5) is 37.5. The van der Waals surface area contributed by atoms with Crippen LogP contribution in [0.4, 0.5) is 9.59 Å². The zero-order valence-electron chi connectivity index (χ0n) is 14.9. The standard InChI is InChI=1S/C21H18N2O5/c24-18(13-6-2-1-3-7-13)10-14-11-22(20(25)26)12-17-19(14)15-8-4-5-9-16(15)23(17)21(27)28/h1-9,14H,10-12H2,(H,25,26)(H,27,28). The Labute approximate surface area is 160 Å². The number of fused-ring (bicyclic) bond motifs is 3. The molecule has 1 unspecified atom stereocenters. The molecule has 1 aliphatic rings. The molecule has 142 valence electrons. The molecule has 0 saturated carbocycles. The minimum Gasteiger partial charge on any atom is -0.465 e. The Morgan fingerprint density at radius 2 is 1.61 bits per heavy atom. The highest BCUT2D eigenvalue weighted by atomic mass is 16.4. The fraction of sp³-hybridized carbons (Fsp3) is 0.190. The summed E-state index contributed by atoms with van der Waals surface area (Å²) in [5.41, 5.74) is 2.22. The third-order valence-electron chi connectivity index (χ3n) is 5.19. The summed E-state index contributed by atoms with van der Waals surface area (Å²) in [6, 6.07) is 15.9. The van der Waals surface area contributed by atoms with Crippen LogP contribution in [-0.2, 0) is 6.54 Å². The molecule has 7 nitrogen and oxygen atoms in total. The molecule has 1 amide bonds. The Bertz CT molecular complexity index is 1090. The largest absolute Gasteiger partial charge is 0.465 e. The number of Topliss-reactive ketones (excluding diaryl/α,β-unsaturated/α-hetero) is 1. The van der Waals surface area contributed by atoms with E-state index in [4.69, 9.17) is 0 Å². The van der Waals surface area contributed by atoms with Crippen LogP contribution in [-0.4, -0.2) is 44.2 Å². The van der Waals surface area contributed by atoms with E-state index in [-0.39, 0.29) is 25.3 Å². The first-order valence-corrected chi connectivity index (χ1v) is 8.89. The lowest BCUT2D eigenvalue weighted by Crippen LogP contribution is -2.39. The van der Waals surface area contributed by atoms with Gasteiger partial charge in [-0.3, -0.25) is 4.79 Å². The van der Waals surface area contributed by atoms with E-state index in [1.54, 1.807) is 36.4 Å². The molecule has 0 radical (unpaired) electrons. The Hall–Kier alpha value is -3.61. The quantitative estimate of drug-likeness (QED) is 0.671. The molecule has 4 rings (SSSR count). The van der Waals surface area contributed by atoms with Crippen LogP contribution in [0.3, 0.4) is 0 Å². The summed E-state index contributed by atoms with van der Waals surface area (Å²) >= 11 is 0. The number of para-hydroxylation sites is 1. The number of benzene rings is 2. The van der Waals surface area contributed by atoms with Gasteiger partial charge >= 0.3 is 12.2 Å². The lowest BCUT2D eigenvalue weighted by Gasteiger charge is -2.31. The summed E-state index contributed by atoms with van der Waals surface area (Å²) < 4.78 is 1.14. The van der Waals surface area contributed by atoms with E-state index in [0.717, 1.165) is 15.5 Å². The number of hydrogen-bond acceptors (Lipinski definition) is 3. The van der Waals surface area contributed by atoms with Gasteiger partial charge in [0.2, 0.25) is 0 Å². The molecule has 3 aromatic rings. The lowest BCUT2D eigenvalue weighted by atomic mass is 9.86. The van der Waals surface area contributed by atoms with E-state index in [2.05, 4.69) is 0 Å². The first-order valence-electron chi connectivity index (χ1n) is 8.89. The predicted octanol–water partition coefficient (Wildman–Crippen LogP) is 4.02. The van der Waals surface area contributed by atoms with Crippen molar-refractivity contribution in [2.45, 2.75) is 18.9 Å². The van der Waals surface area contributed by atoms with E-state index < -0.39 is 18.1 Å². The van der Waals surface area contributed by atoms with Crippen molar-refractivity contribution in [3.8, 4) is 0 Å². The molecule has 1 aliphatic heterocycles. The monoisotopic (exact) mass is 378 g/mol. The number of nitrogens with zero attached hydrogens (tertiary/aromatic N) is 2. The number of carbonyl (C=O) groups excluding carboxylic acids is 1. The second kappa shape index (κ2) is 6.84. The van der Waals surface area contributed by atoms with Crippen molar-refractivity contribution in [3.63, 3.8) is 0 Å². The number of aromatic nitrogens is 1. The second-order valence-electron chi connectivity index (χ2n) is 6.85. The zero-order valence-corrected chi connectivity index (χ0v) is 14.9. The van der Waals surface area contributed by atoms with Crippen molar-refractivity contribution < 1.29 is 24.6 Å². The third kappa shape index (κ3) is 2.90. The molecule has 0 spiro atoms. The maximum absolute atomic E-state index is 12.8. The minimum atomic E-state index is -1.17. The van der Waals surface area contributed by atoms with Gasteiger partial charge in [-0.25, -0.2) is 14.2 Å². The van der Waals surface area contributed by atoms with E-state index in [1.165, 1.54) is 4.90 Å². The Morgan fingerprint density at radius 3 is 2.29 bits per heavy atom. The SMILES string of the molecule is O=C(CC1CN(C(=O)O)Cc2c1c1ccccc1n2C(=O)O)c1ccccc1. The van der Waals surface area contributed by atoms with Crippen molar-refractivity contribution in [3.05, 3.63) is 71.4 Å². The number of carbonyl (C=O) groups is 3. The molecule has 2 aromatic carbocycles. The number of amides is 1. The van der Waals surface area contributed by atoms with Crippen LogP contribution in [0.1, 0.15) is 34.0 Å². The molecule has 0 aliphatic carbocycles. The maximum Gasteiger partial charge on any atom is 0.416 e. The molecule has 1 aromatic heterocycles. The van der Waals surface area contributed by atoms with Gasteiger partial charge in [-0.1, -0.05) is 48.5 Å².